The van der Waals surface area contributed by atoms with Gasteiger partial charge in [-0.25, -0.2) is 27.8 Å². The molecule has 3 heterocycles. The number of benzene rings is 1. The second kappa shape index (κ2) is 6.95. The monoisotopic (exact) mass is 402 g/mol. The van der Waals surface area contributed by atoms with Gasteiger partial charge < -0.3 is 9.47 Å². The normalized spacial score (nSPS) is 15.1. The Morgan fingerprint density at radius 1 is 1.14 bits per heavy atom. The number of sulfonamides is 1. The molecular formula is C18H19FN6O2S. The maximum Gasteiger partial charge on any atom is 0.262 e. The van der Waals surface area contributed by atoms with Gasteiger partial charge in [0.2, 0.25) is 0 Å². The molecule has 10 heteroatoms. The van der Waals surface area contributed by atoms with Crippen molar-refractivity contribution in [3.05, 3.63) is 55.0 Å². The van der Waals surface area contributed by atoms with E-state index >= 15 is 0 Å². The lowest BCUT2D eigenvalue weighted by Gasteiger charge is -2.43. The molecule has 0 N–H and O–H groups in total. The zero-order valence-electron chi connectivity index (χ0n) is 15.4. The maximum atomic E-state index is 14.9. The van der Waals surface area contributed by atoms with Gasteiger partial charge in [0.15, 0.2) is 16.7 Å². The minimum atomic E-state index is -3.70. The highest BCUT2D eigenvalue weighted by molar-refractivity contribution is 7.89. The van der Waals surface area contributed by atoms with Crippen LogP contribution in [0.25, 0.3) is 11.3 Å². The standard InChI is InChI=1S/C18H19FN6O2S/c1-23-10-15(22-12-23)28(26,27)24(2)14-8-25(9-14)18-16(19)17(20-11-21-18)13-6-4-3-5-7-13/h3-7,10-12,14H,8-9H2,1-2H3. The molecule has 28 heavy (non-hydrogen) atoms. The van der Waals surface area contributed by atoms with E-state index in [0.717, 1.165) is 0 Å². The van der Waals surface area contributed by atoms with E-state index in [4.69, 9.17) is 0 Å². The zero-order chi connectivity index (χ0) is 19.9. The summed E-state index contributed by atoms with van der Waals surface area (Å²) in [5, 5.41) is -0.00414. The molecule has 0 unspecified atom stereocenters. The van der Waals surface area contributed by atoms with E-state index < -0.39 is 15.8 Å². The van der Waals surface area contributed by atoms with E-state index in [9.17, 15) is 12.8 Å². The van der Waals surface area contributed by atoms with E-state index in [1.807, 2.05) is 18.2 Å². The Balaban J connectivity index is 1.51. The molecule has 1 aliphatic rings. The molecule has 0 spiro atoms. The third-order valence-corrected chi connectivity index (χ3v) is 6.61. The molecule has 2 aromatic heterocycles. The van der Waals surface area contributed by atoms with Gasteiger partial charge in [-0.05, 0) is 0 Å². The first-order valence-corrected chi connectivity index (χ1v) is 10.1. The number of hydrogen-bond donors (Lipinski definition) is 0. The topological polar surface area (TPSA) is 84.2 Å². The lowest BCUT2D eigenvalue weighted by atomic mass is 10.1. The van der Waals surface area contributed by atoms with E-state index in [1.165, 1.54) is 30.2 Å². The number of anilines is 1. The summed E-state index contributed by atoms with van der Waals surface area (Å²) in [5.74, 6) is -0.337. The fourth-order valence-corrected chi connectivity index (χ4v) is 4.40. The predicted octanol–water partition coefficient (Wildman–Crippen LogP) is 1.53. The summed E-state index contributed by atoms with van der Waals surface area (Å²) in [6, 6.07) is 8.74. The van der Waals surface area contributed by atoms with E-state index in [1.54, 1.807) is 28.6 Å². The molecule has 0 saturated carbocycles. The highest BCUT2D eigenvalue weighted by Crippen LogP contribution is 2.30. The van der Waals surface area contributed by atoms with Gasteiger partial charge >= 0.3 is 0 Å². The lowest BCUT2D eigenvalue weighted by molar-refractivity contribution is 0.306. The van der Waals surface area contributed by atoms with Crippen LogP contribution in [-0.2, 0) is 17.1 Å². The Morgan fingerprint density at radius 2 is 1.86 bits per heavy atom. The highest BCUT2D eigenvalue weighted by Gasteiger charge is 2.39. The Bertz CT molecular complexity index is 1100. The van der Waals surface area contributed by atoms with Gasteiger partial charge in [0.05, 0.1) is 12.4 Å². The van der Waals surface area contributed by atoms with Crippen LogP contribution in [-0.4, -0.2) is 58.4 Å². The van der Waals surface area contributed by atoms with Gasteiger partial charge in [-0.1, -0.05) is 30.3 Å². The number of aromatic nitrogens is 4. The summed E-state index contributed by atoms with van der Waals surface area (Å²) in [4.78, 5) is 13.7. The van der Waals surface area contributed by atoms with Crippen molar-refractivity contribution in [1.29, 1.82) is 0 Å². The minimum Gasteiger partial charge on any atom is -0.351 e. The Morgan fingerprint density at radius 3 is 2.50 bits per heavy atom. The first-order chi connectivity index (χ1) is 13.4. The SMILES string of the molecule is CN(C1CN(c2ncnc(-c3ccccc3)c2F)C1)S(=O)(=O)c1cn(C)cn1. The van der Waals surface area contributed by atoms with Crippen LogP contribution < -0.4 is 4.90 Å². The Kier molecular flexibility index (Phi) is 4.60. The van der Waals surface area contributed by atoms with Crippen LogP contribution in [0.4, 0.5) is 10.2 Å². The van der Waals surface area contributed by atoms with Gasteiger partial charge in [-0.3, -0.25) is 0 Å². The summed E-state index contributed by atoms with van der Waals surface area (Å²) >= 11 is 0. The minimum absolute atomic E-state index is 0.00414. The van der Waals surface area contributed by atoms with Crippen LogP contribution in [0.3, 0.4) is 0 Å². The molecule has 4 rings (SSSR count). The van der Waals surface area contributed by atoms with Crippen LogP contribution in [0.15, 0.2) is 54.2 Å². The number of imidazole rings is 1. The van der Waals surface area contributed by atoms with Crippen molar-refractivity contribution >= 4 is 15.8 Å². The molecule has 1 fully saturated rings. The molecule has 0 amide bonds. The maximum absolute atomic E-state index is 14.9. The van der Waals surface area contributed by atoms with Gasteiger partial charge in [0, 0.05) is 38.9 Å². The summed E-state index contributed by atoms with van der Waals surface area (Å²) in [6.07, 6.45) is 4.22. The average molecular weight is 402 g/mol. The quantitative estimate of drug-likeness (QED) is 0.644. The molecule has 8 nitrogen and oxygen atoms in total. The number of rotatable bonds is 5. The van der Waals surface area contributed by atoms with Gasteiger partial charge in [0.25, 0.3) is 10.0 Å². The van der Waals surface area contributed by atoms with Crippen LogP contribution in [0.1, 0.15) is 0 Å². The van der Waals surface area contributed by atoms with E-state index in [0.29, 0.717) is 18.7 Å². The van der Waals surface area contributed by atoms with Gasteiger partial charge in [0.1, 0.15) is 12.0 Å². The fourth-order valence-electron chi connectivity index (χ4n) is 3.10. The van der Waals surface area contributed by atoms with Crippen molar-refractivity contribution in [2.75, 3.05) is 25.0 Å². The first-order valence-electron chi connectivity index (χ1n) is 8.65. The third kappa shape index (κ3) is 3.14. The molecule has 1 aliphatic heterocycles. The average Bonchev–Trinajstić information content (AvgIpc) is 3.10. The lowest BCUT2D eigenvalue weighted by Crippen LogP contribution is -2.60. The zero-order valence-corrected chi connectivity index (χ0v) is 16.2. The number of nitrogens with zero attached hydrogens (tertiary/aromatic N) is 6. The van der Waals surface area contributed by atoms with Gasteiger partial charge in [-0.15, -0.1) is 0 Å². The summed E-state index contributed by atoms with van der Waals surface area (Å²) in [7, 11) is -0.478. The number of likely N-dealkylation sites (N-methyl/N-ethyl adjacent to an activating group) is 1. The number of aryl methyl sites for hydroxylation is 1. The van der Waals surface area contributed by atoms with Crippen molar-refractivity contribution in [2.24, 2.45) is 7.05 Å². The van der Waals surface area contributed by atoms with Crippen LogP contribution in [0.5, 0.6) is 0 Å². The van der Waals surface area contributed by atoms with Crippen LogP contribution >= 0.6 is 0 Å². The predicted molar refractivity (Wildman–Crippen MR) is 102 cm³/mol. The molecule has 0 bridgehead atoms. The van der Waals surface area contributed by atoms with Crippen molar-refractivity contribution in [3.8, 4) is 11.3 Å². The molecule has 0 radical (unpaired) electrons. The second-order valence-corrected chi connectivity index (χ2v) is 8.63. The van der Waals surface area contributed by atoms with Gasteiger partial charge in [-0.2, -0.15) is 4.31 Å². The van der Waals surface area contributed by atoms with E-state index in [2.05, 4.69) is 15.0 Å². The van der Waals surface area contributed by atoms with Crippen LogP contribution in [0, 0.1) is 5.82 Å². The molecule has 146 valence electrons. The summed E-state index contributed by atoms with van der Waals surface area (Å²) < 4.78 is 43.1. The van der Waals surface area contributed by atoms with Crippen molar-refractivity contribution in [3.63, 3.8) is 0 Å². The largest absolute Gasteiger partial charge is 0.351 e. The smallest absolute Gasteiger partial charge is 0.262 e. The van der Waals surface area contributed by atoms with E-state index in [-0.39, 0.29) is 22.6 Å². The van der Waals surface area contributed by atoms with Crippen molar-refractivity contribution in [2.45, 2.75) is 11.1 Å². The van der Waals surface area contributed by atoms with Crippen LogP contribution in [0.2, 0.25) is 0 Å². The first kappa shape index (κ1) is 18.5. The number of halogens is 1. The molecule has 0 aliphatic carbocycles. The molecule has 1 aromatic carbocycles. The number of hydrogen-bond acceptors (Lipinski definition) is 6. The summed E-state index contributed by atoms with van der Waals surface area (Å²) in [6.45, 7) is 0.676. The third-order valence-electron chi connectivity index (χ3n) is 4.82. The highest BCUT2D eigenvalue weighted by atomic mass is 32.2. The van der Waals surface area contributed by atoms with Crippen molar-refractivity contribution < 1.29 is 12.8 Å². The molecule has 1 saturated heterocycles. The Hall–Kier alpha value is -2.85. The fraction of sp³-hybridized carbons (Fsp3) is 0.278. The summed E-state index contributed by atoms with van der Waals surface area (Å²) in [5.41, 5.74) is 0.888. The van der Waals surface area contributed by atoms with Crippen molar-refractivity contribution in [1.82, 2.24) is 23.8 Å². The second-order valence-electron chi connectivity index (χ2n) is 6.68. The molecular weight excluding hydrogens is 383 g/mol. The Labute approximate surface area is 162 Å². The molecule has 0 atom stereocenters. The molecule has 3 aromatic rings.